The molecule has 6 rings (SSSR count). The summed E-state index contributed by atoms with van der Waals surface area (Å²) in [5, 5.41) is 0. The summed E-state index contributed by atoms with van der Waals surface area (Å²) in [4.78, 5) is 38.6. The van der Waals surface area contributed by atoms with Crippen LogP contribution in [-0.4, -0.2) is 46.1 Å². The van der Waals surface area contributed by atoms with Crippen molar-refractivity contribution >= 4 is 11.2 Å². The first-order valence-electron chi connectivity index (χ1n) is 12.0. The number of hydrogen-bond donors (Lipinski definition) is 0. The van der Waals surface area contributed by atoms with E-state index in [0.29, 0.717) is 34.0 Å². The van der Waals surface area contributed by atoms with E-state index in [-0.39, 0.29) is 23.8 Å². The summed E-state index contributed by atoms with van der Waals surface area (Å²) in [7, 11) is 3.02. The largest absolute Gasteiger partial charge is 0.480 e. The fourth-order valence-electron chi connectivity index (χ4n) is 4.45. The van der Waals surface area contributed by atoms with Gasteiger partial charge in [-0.15, -0.1) is 0 Å². The maximum atomic E-state index is 13.1. The predicted octanol–water partition coefficient (Wildman–Crippen LogP) is 4.00. The van der Waals surface area contributed by atoms with Gasteiger partial charge < -0.3 is 9.30 Å². The summed E-state index contributed by atoms with van der Waals surface area (Å²) in [5.74, 6) is 1.14. The number of methoxy groups -OCH3 is 1. The van der Waals surface area contributed by atoms with E-state index in [1.165, 1.54) is 35.8 Å². The van der Waals surface area contributed by atoms with Crippen LogP contribution in [0.4, 0.5) is 13.2 Å². The molecular weight excluding hydrogens is 513 g/mol. The molecule has 1 aromatic carbocycles. The van der Waals surface area contributed by atoms with E-state index in [1.807, 2.05) is 0 Å². The SMILES string of the molecule is COc1ncnc(C2CC2)c1-c1ncc2ncc(=O)n(Cc3ccc(-c4nc(C(F)(F)F)cn4C)cc3)c2n1. The molecule has 0 radical (unpaired) electrons. The normalized spacial score (nSPS) is 13.7. The van der Waals surface area contributed by atoms with E-state index in [9.17, 15) is 18.0 Å². The second-order valence-electron chi connectivity index (χ2n) is 9.26. The number of benzene rings is 1. The molecule has 0 atom stereocenters. The lowest BCUT2D eigenvalue weighted by Gasteiger charge is -2.13. The van der Waals surface area contributed by atoms with Gasteiger partial charge in [-0.3, -0.25) is 9.36 Å². The third-order valence-corrected chi connectivity index (χ3v) is 6.53. The molecular formula is C26H21F3N8O2. The second kappa shape index (κ2) is 9.26. The average Bonchev–Trinajstić information content (AvgIpc) is 3.70. The summed E-state index contributed by atoms with van der Waals surface area (Å²) in [5.41, 5.74) is 2.06. The van der Waals surface area contributed by atoms with Gasteiger partial charge >= 0.3 is 6.18 Å². The van der Waals surface area contributed by atoms with Crippen molar-refractivity contribution in [3.8, 4) is 28.7 Å². The van der Waals surface area contributed by atoms with Crippen molar-refractivity contribution in [2.24, 2.45) is 7.05 Å². The minimum absolute atomic E-state index is 0.154. The molecule has 39 heavy (non-hydrogen) atoms. The molecule has 0 N–H and O–H groups in total. The Morgan fingerprint density at radius 3 is 2.46 bits per heavy atom. The molecule has 5 aromatic rings. The van der Waals surface area contributed by atoms with Crippen molar-refractivity contribution in [2.75, 3.05) is 7.11 Å². The third-order valence-electron chi connectivity index (χ3n) is 6.53. The van der Waals surface area contributed by atoms with Crippen LogP contribution in [0.15, 0.2) is 54.0 Å². The molecule has 13 heteroatoms. The van der Waals surface area contributed by atoms with Crippen LogP contribution in [0.3, 0.4) is 0 Å². The lowest BCUT2D eigenvalue weighted by atomic mass is 10.1. The Hall–Kier alpha value is -4.68. The zero-order valence-electron chi connectivity index (χ0n) is 20.8. The number of imidazole rings is 1. The van der Waals surface area contributed by atoms with Gasteiger partial charge in [0.05, 0.1) is 31.7 Å². The summed E-state index contributed by atoms with van der Waals surface area (Å²) < 4.78 is 47.5. The van der Waals surface area contributed by atoms with Gasteiger partial charge in [0.15, 0.2) is 17.2 Å². The van der Waals surface area contributed by atoms with Crippen molar-refractivity contribution < 1.29 is 17.9 Å². The number of rotatable bonds is 6. The van der Waals surface area contributed by atoms with Crippen LogP contribution in [0.1, 0.15) is 35.7 Å². The molecule has 1 aliphatic rings. The Morgan fingerprint density at radius 1 is 1.03 bits per heavy atom. The van der Waals surface area contributed by atoms with Crippen molar-refractivity contribution in [2.45, 2.75) is 31.5 Å². The first kappa shape index (κ1) is 24.6. The standard InChI is InChI=1S/C26H21F3N8O2/c1-36-12-18(26(27,28)29)34-23(36)16-5-3-14(4-6-16)11-37-19(38)10-30-17-9-31-22(35-24(17)37)20-21(15-7-8-15)32-13-33-25(20)39-2/h3-6,9-10,12-13,15H,7-8,11H2,1-2H3. The fourth-order valence-corrected chi connectivity index (χ4v) is 4.45. The van der Waals surface area contributed by atoms with E-state index in [1.54, 1.807) is 30.5 Å². The summed E-state index contributed by atoms with van der Waals surface area (Å²) in [6.07, 6.45) is 2.61. The molecule has 0 spiro atoms. The first-order chi connectivity index (χ1) is 18.7. The number of fused-ring (bicyclic) bond motifs is 1. The molecule has 198 valence electrons. The Morgan fingerprint density at radius 2 is 1.79 bits per heavy atom. The van der Waals surface area contributed by atoms with Crippen LogP contribution in [-0.2, 0) is 19.8 Å². The molecule has 4 heterocycles. The number of nitrogens with zero attached hydrogens (tertiary/aromatic N) is 8. The summed E-state index contributed by atoms with van der Waals surface area (Å²) in [6, 6.07) is 6.80. The molecule has 1 aliphatic carbocycles. The van der Waals surface area contributed by atoms with Crippen LogP contribution in [0.25, 0.3) is 33.9 Å². The molecule has 4 aromatic heterocycles. The zero-order valence-corrected chi connectivity index (χ0v) is 20.8. The molecule has 0 bridgehead atoms. The maximum absolute atomic E-state index is 13.1. The zero-order chi connectivity index (χ0) is 27.3. The van der Waals surface area contributed by atoms with Crippen molar-refractivity contribution in [3.05, 3.63) is 76.5 Å². The second-order valence-corrected chi connectivity index (χ2v) is 9.26. The minimum atomic E-state index is -4.53. The van der Waals surface area contributed by atoms with Crippen molar-refractivity contribution in [3.63, 3.8) is 0 Å². The summed E-state index contributed by atoms with van der Waals surface area (Å²) >= 11 is 0. The fraction of sp³-hybridized carbons (Fsp3) is 0.269. The smallest absolute Gasteiger partial charge is 0.434 e. The monoisotopic (exact) mass is 534 g/mol. The van der Waals surface area contributed by atoms with Crippen LogP contribution >= 0.6 is 0 Å². The van der Waals surface area contributed by atoms with Crippen LogP contribution < -0.4 is 10.3 Å². The van der Waals surface area contributed by atoms with Gasteiger partial charge in [-0.2, -0.15) is 13.2 Å². The van der Waals surface area contributed by atoms with Gasteiger partial charge in [0.25, 0.3) is 5.56 Å². The van der Waals surface area contributed by atoms with E-state index in [2.05, 4.69) is 24.9 Å². The number of aryl methyl sites for hydroxylation is 1. The van der Waals surface area contributed by atoms with Crippen molar-refractivity contribution in [1.82, 2.24) is 39.0 Å². The molecule has 0 saturated heterocycles. The highest BCUT2D eigenvalue weighted by Crippen LogP contribution is 2.44. The number of halogens is 3. The molecule has 0 aliphatic heterocycles. The first-order valence-corrected chi connectivity index (χ1v) is 12.0. The number of aromatic nitrogens is 8. The highest BCUT2D eigenvalue weighted by atomic mass is 19.4. The van der Waals surface area contributed by atoms with E-state index < -0.39 is 11.9 Å². The molecule has 1 fully saturated rings. The van der Waals surface area contributed by atoms with Crippen molar-refractivity contribution in [1.29, 1.82) is 0 Å². The van der Waals surface area contributed by atoms with E-state index in [4.69, 9.17) is 9.72 Å². The van der Waals surface area contributed by atoms with Gasteiger partial charge in [-0.05, 0) is 18.4 Å². The molecule has 1 saturated carbocycles. The summed E-state index contributed by atoms with van der Waals surface area (Å²) in [6.45, 7) is 0.154. The van der Waals surface area contributed by atoms with Gasteiger partial charge in [-0.1, -0.05) is 24.3 Å². The maximum Gasteiger partial charge on any atom is 0.434 e. The van der Waals surface area contributed by atoms with Gasteiger partial charge in [0, 0.05) is 24.7 Å². The Bertz CT molecular complexity index is 1760. The molecule has 0 amide bonds. The van der Waals surface area contributed by atoms with Crippen LogP contribution in [0, 0.1) is 0 Å². The third kappa shape index (κ3) is 4.60. The van der Waals surface area contributed by atoms with Crippen LogP contribution in [0.2, 0.25) is 0 Å². The lowest BCUT2D eigenvalue weighted by Crippen LogP contribution is -2.22. The van der Waals surface area contributed by atoms with E-state index in [0.717, 1.165) is 30.3 Å². The topological polar surface area (TPSA) is 114 Å². The highest BCUT2D eigenvalue weighted by molar-refractivity contribution is 5.74. The number of hydrogen-bond acceptors (Lipinski definition) is 8. The lowest BCUT2D eigenvalue weighted by molar-refractivity contribution is -0.140. The van der Waals surface area contributed by atoms with Gasteiger partial charge in [-0.25, -0.2) is 29.9 Å². The molecule has 10 nitrogen and oxygen atoms in total. The van der Waals surface area contributed by atoms with Gasteiger partial charge in [0.1, 0.15) is 23.2 Å². The highest BCUT2D eigenvalue weighted by Gasteiger charge is 2.34. The predicted molar refractivity (Wildman–Crippen MR) is 134 cm³/mol. The van der Waals surface area contributed by atoms with Gasteiger partial charge in [0.2, 0.25) is 5.88 Å². The minimum Gasteiger partial charge on any atom is -0.480 e. The number of alkyl halides is 3. The van der Waals surface area contributed by atoms with E-state index >= 15 is 0 Å². The number of ether oxygens (including phenoxy) is 1. The Labute approximate surface area is 219 Å². The average molecular weight is 535 g/mol. The quantitative estimate of drug-likeness (QED) is 0.321. The Balaban J connectivity index is 1.38. The van der Waals surface area contributed by atoms with Crippen LogP contribution in [0.5, 0.6) is 5.88 Å². The Kier molecular flexibility index (Phi) is 5.85. The molecule has 0 unspecified atom stereocenters.